The van der Waals surface area contributed by atoms with Gasteiger partial charge in [0.05, 0.1) is 6.10 Å². The van der Waals surface area contributed by atoms with Gasteiger partial charge in [-0.1, -0.05) is 19.9 Å². The highest BCUT2D eigenvalue weighted by Crippen LogP contribution is 2.58. The van der Waals surface area contributed by atoms with Crippen LogP contribution in [0.2, 0.25) is 0 Å². The molecule has 1 aromatic carbocycles. The zero-order chi connectivity index (χ0) is 14.5. The molecular weight excluding hydrogens is 255 g/mol. The maximum atomic E-state index is 13.3. The van der Waals surface area contributed by atoms with Gasteiger partial charge in [-0.2, -0.15) is 0 Å². The monoisotopic (exact) mass is 278 g/mol. The van der Waals surface area contributed by atoms with E-state index in [4.69, 9.17) is 10.5 Å². The van der Waals surface area contributed by atoms with E-state index in [2.05, 4.69) is 18.7 Å². The van der Waals surface area contributed by atoms with Crippen LogP contribution in [0.5, 0.6) is 0 Å². The number of benzene rings is 1. The number of nitrogens with two attached hydrogens (primary N) is 1. The van der Waals surface area contributed by atoms with Crippen molar-refractivity contribution in [1.29, 1.82) is 0 Å². The van der Waals surface area contributed by atoms with Crippen molar-refractivity contribution < 1.29 is 9.13 Å². The molecule has 110 valence electrons. The van der Waals surface area contributed by atoms with E-state index in [-0.39, 0.29) is 22.9 Å². The minimum atomic E-state index is -0.283. The molecular formula is C16H23FN2O. The van der Waals surface area contributed by atoms with Gasteiger partial charge in [0.2, 0.25) is 0 Å². The number of likely N-dealkylation sites (N-methyl/N-ethyl adjacent to an activating group) is 1. The molecule has 1 heterocycles. The van der Waals surface area contributed by atoms with Gasteiger partial charge in [-0.15, -0.1) is 0 Å². The topological polar surface area (TPSA) is 38.5 Å². The lowest BCUT2D eigenvalue weighted by atomic mass is 9.48. The highest BCUT2D eigenvalue weighted by Gasteiger charge is 2.67. The predicted octanol–water partition coefficient (Wildman–Crippen LogP) is 2.40. The van der Waals surface area contributed by atoms with Gasteiger partial charge >= 0.3 is 0 Å². The van der Waals surface area contributed by atoms with Crippen molar-refractivity contribution >= 4 is 5.69 Å². The normalized spacial score (nSPS) is 34.5. The minimum absolute atomic E-state index is 0.0459. The van der Waals surface area contributed by atoms with Gasteiger partial charge in [0.25, 0.3) is 0 Å². The van der Waals surface area contributed by atoms with E-state index >= 15 is 0 Å². The molecule has 1 aliphatic heterocycles. The van der Waals surface area contributed by atoms with Gasteiger partial charge in [0.15, 0.2) is 0 Å². The van der Waals surface area contributed by atoms with Crippen molar-refractivity contribution in [3.8, 4) is 0 Å². The Labute approximate surface area is 119 Å². The Balaban J connectivity index is 1.80. The van der Waals surface area contributed by atoms with Gasteiger partial charge in [-0.25, -0.2) is 4.39 Å². The minimum Gasteiger partial charge on any atom is -0.377 e. The molecule has 0 radical (unpaired) electrons. The summed E-state index contributed by atoms with van der Waals surface area (Å²) in [5.41, 5.74) is 7.27. The number of halogens is 1. The molecule has 3 unspecified atom stereocenters. The summed E-state index contributed by atoms with van der Waals surface area (Å²) in [4.78, 5) is 2.05. The molecule has 3 atom stereocenters. The highest BCUT2D eigenvalue weighted by molar-refractivity contribution is 5.47. The lowest BCUT2D eigenvalue weighted by Crippen LogP contribution is -2.78. The van der Waals surface area contributed by atoms with E-state index in [0.717, 1.165) is 18.7 Å². The van der Waals surface area contributed by atoms with Crippen LogP contribution in [0.15, 0.2) is 24.3 Å². The Morgan fingerprint density at radius 1 is 1.45 bits per heavy atom. The zero-order valence-corrected chi connectivity index (χ0v) is 12.4. The molecule has 20 heavy (non-hydrogen) atoms. The van der Waals surface area contributed by atoms with Gasteiger partial charge in [-0.05, 0) is 24.6 Å². The first-order valence-corrected chi connectivity index (χ1v) is 7.23. The number of fused-ring (bicyclic) bond motifs is 1. The van der Waals surface area contributed by atoms with Crippen LogP contribution in [0, 0.1) is 17.2 Å². The van der Waals surface area contributed by atoms with Crippen molar-refractivity contribution in [2.24, 2.45) is 17.1 Å². The molecule has 2 N–H and O–H groups in total. The van der Waals surface area contributed by atoms with Crippen LogP contribution in [0.1, 0.15) is 20.3 Å². The third kappa shape index (κ3) is 1.78. The van der Waals surface area contributed by atoms with Crippen molar-refractivity contribution in [1.82, 2.24) is 0 Å². The van der Waals surface area contributed by atoms with Gasteiger partial charge in [-0.3, -0.25) is 0 Å². The first-order valence-electron chi connectivity index (χ1n) is 7.23. The van der Waals surface area contributed by atoms with Crippen LogP contribution < -0.4 is 10.6 Å². The summed E-state index contributed by atoms with van der Waals surface area (Å²) in [5.74, 6) is 0.198. The molecule has 0 aromatic heterocycles. The van der Waals surface area contributed by atoms with E-state index in [9.17, 15) is 4.39 Å². The first-order chi connectivity index (χ1) is 9.36. The van der Waals surface area contributed by atoms with Crippen LogP contribution in [-0.4, -0.2) is 31.8 Å². The summed E-state index contributed by atoms with van der Waals surface area (Å²) in [7, 11) is 1.97. The van der Waals surface area contributed by atoms with Crippen molar-refractivity contribution in [3.63, 3.8) is 0 Å². The SMILES string of the molecule is CN(CC1(N)C2CCOC2C1(C)C)c1cccc(F)c1. The molecule has 3 rings (SSSR count). The molecule has 1 saturated heterocycles. The lowest BCUT2D eigenvalue weighted by Gasteiger charge is -2.63. The Morgan fingerprint density at radius 3 is 2.90 bits per heavy atom. The third-order valence-electron chi connectivity index (χ3n) is 5.41. The van der Waals surface area contributed by atoms with Crippen molar-refractivity contribution in [3.05, 3.63) is 30.1 Å². The molecule has 1 aliphatic carbocycles. The third-order valence-corrected chi connectivity index (χ3v) is 5.41. The Morgan fingerprint density at radius 2 is 2.20 bits per heavy atom. The number of hydrogen-bond acceptors (Lipinski definition) is 3. The van der Waals surface area contributed by atoms with Crippen molar-refractivity contribution in [2.75, 3.05) is 25.1 Å². The summed E-state index contributed by atoms with van der Waals surface area (Å²) < 4.78 is 19.2. The lowest BCUT2D eigenvalue weighted by molar-refractivity contribution is -0.150. The summed E-state index contributed by atoms with van der Waals surface area (Å²) >= 11 is 0. The Hall–Kier alpha value is -1.13. The fraction of sp³-hybridized carbons (Fsp3) is 0.625. The summed E-state index contributed by atoms with van der Waals surface area (Å²) in [6.45, 7) is 5.88. The van der Waals surface area contributed by atoms with Crippen LogP contribution in [0.4, 0.5) is 10.1 Å². The van der Waals surface area contributed by atoms with Crippen LogP contribution in [-0.2, 0) is 4.74 Å². The first kappa shape index (κ1) is 13.8. The average molecular weight is 278 g/mol. The molecule has 0 bridgehead atoms. The smallest absolute Gasteiger partial charge is 0.125 e. The maximum Gasteiger partial charge on any atom is 0.125 e. The Kier molecular flexibility index (Phi) is 3.07. The quantitative estimate of drug-likeness (QED) is 0.922. The second kappa shape index (κ2) is 4.43. The second-order valence-corrected chi connectivity index (χ2v) is 6.78. The molecule has 1 saturated carbocycles. The van der Waals surface area contributed by atoms with E-state index in [0.29, 0.717) is 12.5 Å². The summed E-state index contributed by atoms with van der Waals surface area (Å²) in [6, 6.07) is 6.67. The van der Waals surface area contributed by atoms with Crippen LogP contribution >= 0.6 is 0 Å². The summed E-state index contributed by atoms with van der Waals surface area (Å²) in [5, 5.41) is 0. The highest BCUT2D eigenvalue weighted by atomic mass is 19.1. The zero-order valence-electron chi connectivity index (χ0n) is 12.4. The van der Waals surface area contributed by atoms with E-state index < -0.39 is 0 Å². The molecule has 3 nitrogen and oxygen atoms in total. The molecule has 4 heteroatoms. The fourth-order valence-corrected chi connectivity index (χ4v) is 3.99. The van der Waals surface area contributed by atoms with Gasteiger partial charge < -0.3 is 15.4 Å². The Bertz CT molecular complexity index is 519. The van der Waals surface area contributed by atoms with E-state index in [1.165, 1.54) is 6.07 Å². The van der Waals surface area contributed by atoms with Crippen molar-refractivity contribution in [2.45, 2.75) is 31.9 Å². The van der Waals surface area contributed by atoms with Gasteiger partial charge in [0, 0.05) is 42.8 Å². The molecule has 1 aromatic rings. The van der Waals surface area contributed by atoms with Gasteiger partial charge in [0.1, 0.15) is 5.82 Å². The molecule has 2 fully saturated rings. The fourth-order valence-electron chi connectivity index (χ4n) is 3.99. The second-order valence-electron chi connectivity index (χ2n) is 6.78. The number of anilines is 1. The molecule has 0 amide bonds. The summed E-state index contributed by atoms with van der Waals surface area (Å²) in [6.07, 6.45) is 1.30. The standard InChI is InChI=1S/C16H23FN2O/c1-15(2)14-13(7-8-20-14)16(15,18)10-19(3)12-6-4-5-11(17)9-12/h4-6,9,13-14H,7-8,10,18H2,1-3H3. The van der Waals surface area contributed by atoms with E-state index in [1.807, 2.05) is 13.1 Å². The maximum absolute atomic E-state index is 13.3. The number of nitrogens with zero attached hydrogens (tertiary/aromatic N) is 1. The number of rotatable bonds is 3. The van der Waals surface area contributed by atoms with Crippen LogP contribution in [0.3, 0.4) is 0 Å². The number of hydrogen-bond donors (Lipinski definition) is 1. The predicted molar refractivity (Wildman–Crippen MR) is 78.2 cm³/mol. The number of ether oxygens (including phenoxy) is 1. The van der Waals surface area contributed by atoms with E-state index in [1.54, 1.807) is 12.1 Å². The largest absolute Gasteiger partial charge is 0.377 e. The average Bonchev–Trinajstić information content (AvgIpc) is 2.87. The molecule has 2 aliphatic rings. The van der Waals surface area contributed by atoms with Crippen LogP contribution in [0.25, 0.3) is 0 Å². The molecule has 0 spiro atoms.